The lowest BCUT2D eigenvalue weighted by Gasteiger charge is -2.10. The average Bonchev–Trinajstić information content (AvgIpc) is 3.20. The number of nitrogens with one attached hydrogen (secondary N) is 1. The van der Waals surface area contributed by atoms with Crippen LogP contribution >= 0.6 is 0 Å². The van der Waals surface area contributed by atoms with Crippen LogP contribution < -0.4 is 10.1 Å². The minimum atomic E-state index is -4.39. The molecule has 0 saturated heterocycles. The predicted octanol–water partition coefficient (Wildman–Crippen LogP) is 5.15. The number of aromatic nitrogens is 1. The first-order valence-electron chi connectivity index (χ1n) is 10.6. The summed E-state index contributed by atoms with van der Waals surface area (Å²) in [5.74, 6) is 0.158. The van der Waals surface area contributed by atoms with Gasteiger partial charge >= 0.3 is 6.18 Å². The van der Waals surface area contributed by atoms with Crippen LogP contribution in [0.3, 0.4) is 0 Å². The molecule has 3 aromatic carbocycles. The highest BCUT2D eigenvalue weighted by atomic mass is 32.2. The summed E-state index contributed by atoms with van der Waals surface area (Å²) < 4.78 is 69.6. The van der Waals surface area contributed by atoms with Gasteiger partial charge in [0, 0.05) is 18.1 Å². The van der Waals surface area contributed by atoms with Gasteiger partial charge < -0.3 is 10.1 Å². The topological polar surface area (TPSA) is 60.3 Å². The van der Waals surface area contributed by atoms with Crippen molar-refractivity contribution in [1.29, 1.82) is 0 Å². The smallest absolute Gasteiger partial charge is 0.422 e. The van der Waals surface area contributed by atoms with E-state index in [-0.39, 0.29) is 10.6 Å². The number of para-hydroxylation sites is 1. The lowest BCUT2D eigenvalue weighted by atomic mass is 10.1. The Morgan fingerprint density at radius 2 is 1.65 bits per heavy atom. The van der Waals surface area contributed by atoms with Gasteiger partial charge in [0.15, 0.2) is 6.61 Å². The zero-order chi connectivity index (χ0) is 24.2. The molecule has 178 valence electrons. The van der Waals surface area contributed by atoms with E-state index in [1.807, 2.05) is 12.1 Å². The van der Waals surface area contributed by atoms with Gasteiger partial charge in [0.2, 0.25) is 0 Å². The van der Waals surface area contributed by atoms with Gasteiger partial charge in [-0.25, -0.2) is 12.4 Å². The van der Waals surface area contributed by atoms with Gasteiger partial charge in [0.1, 0.15) is 5.75 Å². The summed E-state index contributed by atoms with van der Waals surface area (Å²) in [6.07, 6.45) is -2.16. The van der Waals surface area contributed by atoms with Crippen molar-refractivity contribution < 1.29 is 26.3 Å². The summed E-state index contributed by atoms with van der Waals surface area (Å²) in [4.78, 5) is 0.216. The van der Waals surface area contributed by atoms with Crippen LogP contribution in [0.4, 0.5) is 13.2 Å². The Morgan fingerprint density at radius 3 is 2.41 bits per heavy atom. The van der Waals surface area contributed by atoms with Gasteiger partial charge in [-0.3, -0.25) is 0 Å². The molecule has 0 fully saturated rings. The highest BCUT2D eigenvalue weighted by Crippen LogP contribution is 2.26. The highest BCUT2D eigenvalue weighted by molar-refractivity contribution is 7.90. The Balaban J connectivity index is 1.44. The van der Waals surface area contributed by atoms with Crippen LogP contribution in [0.5, 0.6) is 5.75 Å². The van der Waals surface area contributed by atoms with E-state index in [4.69, 9.17) is 4.74 Å². The van der Waals surface area contributed by atoms with E-state index in [2.05, 4.69) is 5.32 Å². The molecule has 0 aliphatic rings. The number of ether oxygens (including phenoxy) is 1. The van der Waals surface area contributed by atoms with Crippen molar-refractivity contribution in [2.75, 3.05) is 13.2 Å². The van der Waals surface area contributed by atoms with Crippen LogP contribution in [-0.4, -0.2) is 31.7 Å². The molecule has 0 amide bonds. The molecule has 0 spiro atoms. The number of benzene rings is 3. The maximum Gasteiger partial charge on any atom is 0.422 e. The minimum absolute atomic E-state index is 0.158. The molecule has 0 saturated carbocycles. The molecule has 5 nitrogen and oxygen atoms in total. The average molecular weight is 489 g/mol. The summed E-state index contributed by atoms with van der Waals surface area (Å²) in [7, 11) is -3.74. The van der Waals surface area contributed by atoms with Crippen LogP contribution in [0.15, 0.2) is 90.0 Å². The van der Waals surface area contributed by atoms with Gasteiger partial charge in [0.05, 0.1) is 10.4 Å². The van der Waals surface area contributed by atoms with Gasteiger partial charge in [-0.15, -0.1) is 0 Å². The lowest BCUT2D eigenvalue weighted by molar-refractivity contribution is -0.153. The molecule has 4 rings (SSSR count). The third-order valence-corrected chi connectivity index (χ3v) is 6.95. The second kappa shape index (κ2) is 9.90. The van der Waals surface area contributed by atoms with Gasteiger partial charge in [-0.2, -0.15) is 13.2 Å². The highest BCUT2D eigenvalue weighted by Gasteiger charge is 2.28. The van der Waals surface area contributed by atoms with E-state index in [0.717, 1.165) is 16.5 Å². The SMILES string of the molecule is O=S(=O)(c1ccccc1)n1cc(CCNCc2cccc(OCC(F)(F)F)c2)c2ccccc21. The predicted molar refractivity (Wildman–Crippen MR) is 124 cm³/mol. The van der Waals surface area contributed by atoms with Crippen molar-refractivity contribution in [2.45, 2.75) is 24.0 Å². The number of rotatable bonds is 9. The lowest BCUT2D eigenvalue weighted by Crippen LogP contribution is -2.19. The van der Waals surface area contributed by atoms with Crippen LogP contribution in [0.25, 0.3) is 10.9 Å². The standard InChI is InChI=1S/C25H23F3N2O3S/c26-25(27,28)18-33-21-8-6-7-19(15-21)16-29-14-13-20-17-30(24-12-5-4-11-23(20)24)34(31,32)22-9-2-1-3-10-22/h1-12,15,17,29H,13-14,16,18H2. The van der Waals surface area contributed by atoms with Crippen molar-refractivity contribution in [1.82, 2.24) is 9.29 Å². The summed E-state index contributed by atoms with van der Waals surface area (Å²) >= 11 is 0. The molecule has 0 aliphatic carbocycles. The first kappa shape index (κ1) is 23.8. The fourth-order valence-electron chi connectivity index (χ4n) is 3.69. The Hall–Kier alpha value is -3.30. The van der Waals surface area contributed by atoms with Crippen molar-refractivity contribution >= 4 is 20.9 Å². The van der Waals surface area contributed by atoms with E-state index in [1.165, 1.54) is 10.0 Å². The van der Waals surface area contributed by atoms with E-state index in [1.54, 1.807) is 66.9 Å². The molecular formula is C25H23F3N2O3S. The molecule has 0 atom stereocenters. The number of halogens is 3. The van der Waals surface area contributed by atoms with E-state index in [0.29, 0.717) is 25.0 Å². The van der Waals surface area contributed by atoms with Crippen molar-refractivity contribution in [3.63, 3.8) is 0 Å². The summed E-state index contributed by atoms with van der Waals surface area (Å²) in [6.45, 7) is -0.350. The van der Waals surface area contributed by atoms with Crippen LogP contribution in [-0.2, 0) is 23.0 Å². The molecule has 0 aliphatic heterocycles. The number of hydrogen-bond acceptors (Lipinski definition) is 4. The second-order valence-corrected chi connectivity index (χ2v) is 9.58. The Bertz CT molecular complexity index is 1370. The zero-order valence-corrected chi connectivity index (χ0v) is 18.9. The molecule has 0 bridgehead atoms. The van der Waals surface area contributed by atoms with Gasteiger partial charge in [-0.05, 0) is 54.4 Å². The van der Waals surface area contributed by atoms with Crippen LogP contribution in [0.2, 0.25) is 0 Å². The van der Waals surface area contributed by atoms with E-state index >= 15 is 0 Å². The molecule has 0 radical (unpaired) electrons. The van der Waals surface area contributed by atoms with E-state index in [9.17, 15) is 21.6 Å². The fourth-order valence-corrected chi connectivity index (χ4v) is 5.10. The fraction of sp³-hybridized carbons (Fsp3) is 0.200. The maximum absolute atomic E-state index is 13.2. The van der Waals surface area contributed by atoms with Gasteiger partial charge in [-0.1, -0.05) is 48.5 Å². The monoisotopic (exact) mass is 488 g/mol. The molecule has 1 heterocycles. The molecule has 1 aromatic heterocycles. The molecule has 34 heavy (non-hydrogen) atoms. The zero-order valence-electron chi connectivity index (χ0n) is 18.1. The van der Waals surface area contributed by atoms with Gasteiger partial charge in [0.25, 0.3) is 10.0 Å². The number of alkyl halides is 3. The summed E-state index contributed by atoms with van der Waals surface area (Å²) in [5, 5.41) is 4.11. The van der Waals surface area contributed by atoms with Crippen LogP contribution in [0, 0.1) is 0 Å². The summed E-state index contributed by atoms with van der Waals surface area (Å²) in [5.41, 5.74) is 2.27. The molecule has 9 heteroatoms. The van der Waals surface area contributed by atoms with Crippen LogP contribution in [0.1, 0.15) is 11.1 Å². The second-order valence-electron chi connectivity index (χ2n) is 7.76. The number of nitrogens with zero attached hydrogens (tertiary/aromatic N) is 1. The normalized spacial score (nSPS) is 12.2. The Kier molecular flexibility index (Phi) is 6.95. The minimum Gasteiger partial charge on any atom is -0.484 e. The Labute approximate surface area is 195 Å². The van der Waals surface area contributed by atoms with Crippen molar-refractivity contribution in [2.24, 2.45) is 0 Å². The van der Waals surface area contributed by atoms with Crippen molar-refractivity contribution in [3.05, 3.63) is 96.2 Å². The quantitative estimate of drug-likeness (QED) is 0.331. The first-order chi connectivity index (χ1) is 16.2. The molecule has 1 N–H and O–H groups in total. The van der Waals surface area contributed by atoms with E-state index < -0.39 is 22.8 Å². The summed E-state index contributed by atoms with van der Waals surface area (Å²) in [6, 6.07) is 22.1. The van der Waals surface area contributed by atoms with Crippen molar-refractivity contribution in [3.8, 4) is 5.75 Å². The third kappa shape index (κ3) is 5.60. The number of fused-ring (bicyclic) bond motifs is 1. The first-order valence-corrected chi connectivity index (χ1v) is 12.1. The maximum atomic E-state index is 13.2. The number of hydrogen-bond donors (Lipinski definition) is 1. The molecule has 4 aromatic rings. The Morgan fingerprint density at radius 1 is 0.912 bits per heavy atom. The largest absolute Gasteiger partial charge is 0.484 e. The third-order valence-electron chi connectivity index (χ3n) is 5.26. The molecular weight excluding hydrogens is 465 g/mol. The molecule has 0 unspecified atom stereocenters.